The van der Waals surface area contributed by atoms with E-state index in [4.69, 9.17) is 0 Å². The first kappa shape index (κ1) is 13.2. The van der Waals surface area contributed by atoms with Crippen LogP contribution in [0.25, 0.3) is 0 Å². The molecule has 18 heavy (non-hydrogen) atoms. The summed E-state index contributed by atoms with van der Waals surface area (Å²) in [5.74, 6) is 0. The van der Waals surface area contributed by atoms with E-state index in [1.165, 1.54) is 21.7 Å². The quantitative estimate of drug-likeness (QED) is 0.886. The highest BCUT2D eigenvalue weighted by Gasteiger charge is 2.18. The molecule has 2 aromatic heterocycles. The lowest BCUT2D eigenvalue weighted by Gasteiger charge is -2.19. The van der Waals surface area contributed by atoms with Crippen LogP contribution in [-0.2, 0) is 6.42 Å². The lowest BCUT2D eigenvalue weighted by Crippen LogP contribution is -2.23. The number of thiophene rings is 1. The van der Waals surface area contributed by atoms with Gasteiger partial charge >= 0.3 is 0 Å². The van der Waals surface area contributed by atoms with Gasteiger partial charge in [-0.25, -0.2) is 0 Å². The first-order valence-electron chi connectivity index (χ1n) is 6.48. The minimum absolute atomic E-state index is 0.219. The van der Waals surface area contributed by atoms with Crippen molar-refractivity contribution in [3.63, 3.8) is 0 Å². The first-order valence-corrected chi connectivity index (χ1v) is 7.36. The van der Waals surface area contributed by atoms with Crippen molar-refractivity contribution in [2.24, 2.45) is 0 Å². The van der Waals surface area contributed by atoms with E-state index < -0.39 is 0 Å². The van der Waals surface area contributed by atoms with Gasteiger partial charge in [0.05, 0.1) is 11.7 Å². The topological polar surface area (TPSA) is 24.9 Å². The Morgan fingerprint density at radius 3 is 2.83 bits per heavy atom. The molecule has 0 fully saturated rings. The summed E-state index contributed by atoms with van der Waals surface area (Å²) >= 11 is 1.80. The van der Waals surface area contributed by atoms with E-state index in [9.17, 15) is 0 Å². The van der Waals surface area contributed by atoms with E-state index in [0.717, 1.165) is 13.0 Å². The van der Waals surface area contributed by atoms with Crippen LogP contribution in [0.4, 0.5) is 0 Å². The summed E-state index contributed by atoms with van der Waals surface area (Å²) in [6.07, 6.45) is 2.91. The van der Waals surface area contributed by atoms with Crippen molar-refractivity contribution < 1.29 is 0 Å². The van der Waals surface area contributed by atoms with E-state index in [1.807, 2.05) is 12.3 Å². The van der Waals surface area contributed by atoms with Crippen molar-refractivity contribution in [1.82, 2.24) is 10.3 Å². The second-order valence-corrected chi connectivity index (χ2v) is 5.50. The Labute approximate surface area is 113 Å². The van der Waals surface area contributed by atoms with Crippen molar-refractivity contribution >= 4 is 11.3 Å². The van der Waals surface area contributed by atoms with Gasteiger partial charge in [0.25, 0.3) is 0 Å². The molecule has 0 saturated heterocycles. The zero-order valence-electron chi connectivity index (χ0n) is 11.2. The molecule has 2 rings (SSSR count). The summed E-state index contributed by atoms with van der Waals surface area (Å²) in [7, 11) is 0. The normalized spacial score (nSPS) is 12.6. The molecule has 0 aromatic carbocycles. The molecule has 96 valence electrons. The maximum atomic E-state index is 4.60. The molecular formula is C15H20N2S. The number of rotatable bonds is 5. The van der Waals surface area contributed by atoms with Crippen molar-refractivity contribution in [3.8, 4) is 0 Å². The molecule has 2 nitrogen and oxygen atoms in total. The molecule has 0 aliphatic heterocycles. The summed E-state index contributed by atoms with van der Waals surface area (Å²) in [5, 5.41) is 5.78. The van der Waals surface area contributed by atoms with Crippen LogP contribution in [0.3, 0.4) is 0 Å². The number of hydrogen-bond donors (Lipinski definition) is 1. The molecule has 1 atom stereocenters. The predicted molar refractivity (Wildman–Crippen MR) is 78.2 cm³/mol. The van der Waals surface area contributed by atoms with Crippen LogP contribution in [0, 0.1) is 6.92 Å². The zero-order chi connectivity index (χ0) is 13.0. The average Bonchev–Trinajstić information content (AvgIpc) is 2.82. The van der Waals surface area contributed by atoms with Gasteiger partial charge in [0.2, 0.25) is 0 Å². The van der Waals surface area contributed by atoms with Crippen LogP contribution in [0.2, 0.25) is 0 Å². The van der Waals surface area contributed by atoms with E-state index in [2.05, 4.69) is 48.6 Å². The van der Waals surface area contributed by atoms with Crippen LogP contribution in [0.15, 0.2) is 29.8 Å². The fraction of sp³-hybridized carbons (Fsp3) is 0.400. The van der Waals surface area contributed by atoms with E-state index >= 15 is 0 Å². The highest BCUT2D eigenvalue weighted by Crippen LogP contribution is 2.27. The first-order chi connectivity index (χ1) is 8.76. The van der Waals surface area contributed by atoms with Crippen LogP contribution >= 0.6 is 11.3 Å². The molecule has 1 unspecified atom stereocenters. The Morgan fingerprint density at radius 2 is 2.22 bits per heavy atom. The Hall–Kier alpha value is -1.19. The fourth-order valence-electron chi connectivity index (χ4n) is 2.20. The van der Waals surface area contributed by atoms with Gasteiger partial charge in [0.1, 0.15) is 0 Å². The standard InChI is InChI=1S/C15H20N2S/c1-4-12-7-6-8-17-14(12)15(16-5-2)13-9-11(3)18-10-13/h6-10,15-16H,4-5H2,1-3H3. The second kappa shape index (κ2) is 6.12. The third-order valence-corrected chi connectivity index (χ3v) is 3.95. The summed E-state index contributed by atoms with van der Waals surface area (Å²) in [5.41, 5.74) is 3.82. The number of hydrogen-bond acceptors (Lipinski definition) is 3. The Morgan fingerprint density at radius 1 is 1.39 bits per heavy atom. The van der Waals surface area contributed by atoms with Gasteiger partial charge < -0.3 is 5.32 Å². The Balaban J connectivity index is 2.41. The van der Waals surface area contributed by atoms with Crippen molar-refractivity contribution in [3.05, 3.63) is 51.5 Å². The van der Waals surface area contributed by atoms with Gasteiger partial charge in [-0.3, -0.25) is 4.98 Å². The molecule has 2 heterocycles. The minimum Gasteiger partial charge on any atom is -0.305 e. The van der Waals surface area contributed by atoms with Gasteiger partial charge in [-0.2, -0.15) is 0 Å². The Bertz CT molecular complexity index is 505. The molecule has 2 aromatic rings. The number of pyridine rings is 1. The molecule has 0 saturated carbocycles. The van der Waals surface area contributed by atoms with Crippen molar-refractivity contribution in [2.75, 3.05) is 6.54 Å². The number of nitrogens with one attached hydrogen (secondary N) is 1. The molecule has 1 N–H and O–H groups in total. The van der Waals surface area contributed by atoms with E-state index in [0.29, 0.717) is 0 Å². The van der Waals surface area contributed by atoms with Gasteiger partial charge in [-0.1, -0.05) is 19.9 Å². The largest absolute Gasteiger partial charge is 0.305 e. The second-order valence-electron chi connectivity index (χ2n) is 4.38. The molecule has 0 radical (unpaired) electrons. The van der Waals surface area contributed by atoms with Crippen molar-refractivity contribution in [2.45, 2.75) is 33.2 Å². The predicted octanol–water partition coefficient (Wildman–Crippen LogP) is 3.71. The summed E-state index contributed by atoms with van der Waals surface area (Å²) in [4.78, 5) is 5.95. The highest BCUT2D eigenvalue weighted by atomic mass is 32.1. The van der Waals surface area contributed by atoms with Gasteiger partial charge in [0, 0.05) is 11.1 Å². The minimum atomic E-state index is 0.219. The van der Waals surface area contributed by atoms with Crippen LogP contribution < -0.4 is 5.32 Å². The Kier molecular flexibility index (Phi) is 4.50. The molecule has 0 amide bonds. The van der Waals surface area contributed by atoms with Crippen molar-refractivity contribution in [1.29, 1.82) is 0 Å². The lowest BCUT2D eigenvalue weighted by atomic mass is 10.00. The maximum Gasteiger partial charge on any atom is 0.0762 e. The summed E-state index contributed by atoms with van der Waals surface area (Å²) in [6.45, 7) is 7.42. The summed E-state index contributed by atoms with van der Waals surface area (Å²) in [6, 6.07) is 6.67. The van der Waals surface area contributed by atoms with Crippen LogP contribution in [-0.4, -0.2) is 11.5 Å². The van der Waals surface area contributed by atoms with E-state index in [1.54, 1.807) is 11.3 Å². The van der Waals surface area contributed by atoms with Gasteiger partial charge in [-0.15, -0.1) is 11.3 Å². The maximum absolute atomic E-state index is 4.60. The molecule has 0 bridgehead atoms. The van der Waals surface area contributed by atoms with Gasteiger partial charge in [0.15, 0.2) is 0 Å². The smallest absolute Gasteiger partial charge is 0.0762 e. The number of aromatic nitrogens is 1. The number of nitrogens with zero attached hydrogens (tertiary/aromatic N) is 1. The molecule has 0 aliphatic carbocycles. The molecule has 3 heteroatoms. The lowest BCUT2D eigenvalue weighted by molar-refractivity contribution is 0.611. The average molecular weight is 260 g/mol. The zero-order valence-corrected chi connectivity index (χ0v) is 12.1. The summed E-state index contributed by atoms with van der Waals surface area (Å²) < 4.78 is 0. The van der Waals surface area contributed by atoms with Crippen LogP contribution in [0.5, 0.6) is 0 Å². The highest BCUT2D eigenvalue weighted by molar-refractivity contribution is 7.10. The molecule has 0 spiro atoms. The monoisotopic (exact) mass is 260 g/mol. The third-order valence-electron chi connectivity index (χ3n) is 3.07. The number of aryl methyl sites for hydroxylation is 2. The SMILES string of the molecule is CCNC(c1csc(C)c1)c1ncccc1CC. The fourth-order valence-corrected chi connectivity index (χ4v) is 2.93. The molecular weight excluding hydrogens is 240 g/mol. The van der Waals surface area contributed by atoms with E-state index in [-0.39, 0.29) is 6.04 Å². The van der Waals surface area contributed by atoms with Crippen LogP contribution in [0.1, 0.15) is 41.6 Å². The molecule has 0 aliphatic rings. The third kappa shape index (κ3) is 2.79. The van der Waals surface area contributed by atoms with Gasteiger partial charge in [-0.05, 0) is 48.5 Å².